The summed E-state index contributed by atoms with van der Waals surface area (Å²) in [7, 11) is 5.93. The van der Waals surface area contributed by atoms with E-state index in [1.54, 1.807) is 7.11 Å². The van der Waals surface area contributed by atoms with Gasteiger partial charge in [0.2, 0.25) is 0 Å². The molecule has 0 saturated heterocycles. The lowest BCUT2D eigenvalue weighted by Gasteiger charge is -2.31. The van der Waals surface area contributed by atoms with Crippen LogP contribution in [0.1, 0.15) is 115 Å². The highest BCUT2D eigenvalue weighted by atomic mass is 16.5. The van der Waals surface area contributed by atoms with E-state index in [2.05, 4.69) is 182 Å². The summed E-state index contributed by atoms with van der Waals surface area (Å²) in [6.07, 6.45) is 0. The maximum Gasteiger partial charge on any atom is 0.0726 e. The molecule has 0 amide bonds. The highest BCUT2D eigenvalue weighted by Gasteiger charge is 2.16. The average Bonchev–Trinajstić information content (AvgIpc) is 3.03. The van der Waals surface area contributed by atoms with Gasteiger partial charge in [-0.25, -0.2) is 0 Å². The van der Waals surface area contributed by atoms with Gasteiger partial charge in [0.25, 0.3) is 0 Å². The van der Waals surface area contributed by atoms with E-state index in [1.807, 2.05) is 18.2 Å². The van der Waals surface area contributed by atoms with Crippen LogP contribution in [0, 0.1) is 55.4 Å². The third-order valence-electron chi connectivity index (χ3n) is 9.31. The van der Waals surface area contributed by atoms with Crippen molar-refractivity contribution in [3.63, 3.8) is 0 Å². The van der Waals surface area contributed by atoms with Gasteiger partial charge in [-0.15, -0.1) is 0 Å². The van der Waals surface area contributed by atoms with Gasteiger partial charge in [0.1, 0.15) is 0 Å². The van der Waals surface area contributed by atoms with Crippen LogP contribution >= 0.6 is 0 Å². The molecule has 0 aliphatic rings. The second-order valence-corrected chi connectivity index (χ2v) is 16.5. The fourth-order valence-corrected chi connectivity index (χ4v) is 6.37. The fraction of sp³-hybridized carbons (Fsp3) is 0.510. The van der Waals surface area contributed by atoms with Gasteiger partial charge in [0, 0.05) is 32.3 Å². The van der Waals surface area contributed by atoms with Crippen LogP contribution in [0.15, 0.2) is 72.8 Å². The predicted octanol–water partition coefficient (Wildman–Crippen LogP) is 12.4. The summed E-state index contributed by atoms with van der Waals surface area (Å²) in [4.78, 5) is 4.76. The topological polar surface area (TPSA) is 24.9 Å². The Hall–Kier alpha value is -3.28. The molecule has 0 spiro atoms. The monoisotopic (exact) mass is 725 g/mol. The van der Waals surface area contributed by atoms with Crippen molar-refractivity contribution >= 4 is 0 Å². The summed E-state index contributed by atoms with van der Waals surface area (Å²) >= 11 is 0. The predicted molar refractivity (Wildman–Crippen MR) is 232 cm³/mol. The van der Waals surface area contributed by atoms with Crippen molar-refractivity contribution in [3.05, 3.63) is 140 Å². The van der Waals surface area contributed by atoms with Crippen LogP contribution in [0.4, 0.5) is 0 Å². The minimum absolute atomic E-state index is 0.0533. The Balaban J connectivity index is 0.000000359. The summed E-state index contributed by atoms with van der Waals surface area (Å²) in [6, 6.07) is 26.8. The molecule has 0 N–H and O–H groups in total. The van der Waals surface area contributed by atoms with Crippen LogP contribution in [-0.4, -0.2) is 48.7 Å². The molecular weight excluding hydrogens is 649 g/mol. The highest BCUT2D eigenvalue weighted by molar-refractivity contribution is 5.38. The van der Waals surface area contributed by atoms with Crippen molar-refractivity contribution in [3.8, 4) is 0 Å². The maximum atomic E-state index is 5.70. The number of hydrogen-bond acceptors (Lipinski definition) is 4. The molecule has 4 heteroatoms. The summed E-state index contributed by atoms with van der Waals surface area (Å²) in [5.41, 5.74) is 16.4. The van der Waals surface area contributed by atoms with Gasteiger partial charge >= 0.3 is 0 Å². The number of rotatable bonds is 10. The largest absolute Gasteiger partial charge is 0.380 e. The van der Waals surface area contributed by atoms with E-state index in [9.17, 15) is 0 Å². The Kier molecular flexibility index (Phi) is 21.2. The first kappa shape index (κ1) is 47.7. The van der Waals surface area contributed by atoms with E-state index < -0.39 is 0 Å². The average molecular weight is 725 g/mol. The van der Waals surface area contributed by atoms with Crippen LogP contribution in [0.25, 0.3) is 0 Å². The number of nitrogens with zero attached hydrogens (tertiary/aromatic N) is 2. The Morgan fingerprint density at radius 1 is 0.528 bits per heavy atom. The van der Waals surface area contributed by atoms with Crippen molar-refractivity contribution in [2.24, 2.45) is 0 Å². The zero-order valence-corrected chi connectivity index (χ0v) is 37.1. The molecule has 0 bridgehead atoms. The molecule has 294 valence electrons. The first-order valence-corrected chi connectivity index (χ1v) is 19.4. The normalized spacial score (nSPS) is 11.2. The zero-order chi connectivity index (χ0) is 40.5. The van der Waals surface area contributed by atoms with Crippen molar-refractivity contribution in [1.29, 1.82) is 0 Å². The molecule has 4 aromatic rings. The molecule has 4 rings (SSSR count). The van der Waals surface area contributed by atoms with Gasteiger partial charge < -0.3 is 14.4 Å². The summed E-state index contributed by atoms with van der Waals surface area (Å²) in [5, 5.41) is 0. The second-order valence-electron chi connectivity index (χ2n) is 16.5. The van der Waals surface area contributed by atoms with Crippen LogP contribution in [0.3, 0.4) is 0 Å². The molecule has 0 fully saturated rings. The van der Waals surface area contributed by atoms with E-state index in [0.29, 0.717) is 25.3 Å². The molecule has 0 heterocycles. The number of aryl methyl sites for hydroxylation is 8. The van der Waals surface area contributed by atoms with E-state index in [1.165, 1.54) is 66.8 Å². The number of hydrogen-bond donors (Lipinski definition) is 0. The van der Waals surface area contributed by atoms with E-state index in [-0.39, 0.29) is 5.60 Å². The standard InChI is InChI=1S/C16H27N.C12H19N.C12H18O.C9H12O/c1-11(2)17(12(3)4)10-16-14(6)8-13(5)9-15(16)7;1-9-6-10(2)12(8-13(4)5)11(3)7-9;1-10-7-5-6-8-11(10)9-13-12(2,3)4;1-8-5-3-4-6-9(8)7-10-2/h8-9,11-12H,10H2,1-7H3;6-7H,8H2,1-5H3;5-8H,9H2,1-4H3;3-6H,7H2,1-2H3. The molecular formula is C49H76N2O2. The lowest BCUT2D eigenvalue weighted by Crippen LogP contribution is -2.36. The first-order valence-electron chi connectivity index (χ1n) is 19.4. The highest BCUT2D eigenvalue weighted by Crippen LogP contribution is 2.21. The summed E-state index contributed by atoms with van der Waals surface area (Å²) < 4.78 is 10.7. The summed E-state index contributed by atoms with van der Waals surface area (Å²) in [5.74, 6) is 0. The molecule has 0 saturated carbocycles. The quantitative estimate of drug-likeness (QED) is 0.163. The van der Waals surface area contributed by atoms with E-state index >= 15 is 0 Å². The molecule has 0 aliphatic carbocycles. The van der Waals surface area contributed by atoms with Crippen molar-refractivity contribution < 1.29 is 9.47 Å². The Morgan fingerprint density at radius 3 is 1.21 bits per heavy atom. The molecule has 4 nitrogen and oxygen atoms in total. The molecule has 0 aromatic heterocycles. The molecule has 0 unspecified atom stereocenters. The summed E-state index contributed by atoms with van der Waals surface area (Å²) in [6.45, 7) is 36.2. The van der Waals surface area contributed by atoms with E-state index in [4.69, 9.17) is 9.47 Å². The maximum absolute atomic E-state index is 5.70. The van der Waals surface area contributed by atoms with Crippen LogP contribution in [-0.2, 0) is 35.8 Å². The zero-order valence-electron chi connectivity index (χ0n) is 37.1. The van der Waals surface area contributed by atoms with Gasteiger partial charge in [-0.1, -0.05) is 83.9 Å². The van der Waals surface area contributed by atoms with E-state index in [0.717, 1.165) is 13.1 Å². The third-order valence-corrected chi connectivity index (χ3v) is 9.31. The van der Waals surface area contributed by atoms with Gasteiger partial charge in [-0.05, 0) is 174 Å². The number of benzene rings is 4. The minimum atomic E-state index is -0.0533. The molecule has 0 aliphatic heterocycles. The lowest BCUT2D eigenvalue weighted by atomic mass is 9.98. The van der Waals surface area contributed by atoms with Crippen LogP contribution < -0.4 is 0 Å². The smallest absolute Gasteiger partial charge is 0.0726 e. The lowest BCUT2D eigenvalue weighted by molar-refractivity contribution is -0.0151. The van der Waals surface area contributed by atoms with Gasteiger partial charge in [-0.2, -0.15) is 0 Å². The van der Waals surface area contributed by atoms with Crippen molar-refractivity contribution in [2.45, 2.75) is 148 Å². The number of methoxy groups -OCH3 is 1. The van der Waals surface area contributed by atoms with Gasteiger partial charge in [-0.3, -0.25) is 4.90 Å². The Labute approximate surface area is 326 Å². The number of ether oxygens (including phenoxy) is 2. The van der Waals surface area contributed by atoms with Crippen LogP contribution in [0.5, 0.6) is 0 Å². The van der Waals surface area contributed by atoms with Crippen molar-refractivity contribution in [2.75, 3.05) is 21.2 Å². The molecule has 0 atom stereocenters. The van der Waals surface area contributed by atoms with Crippen molar-refractivity contribution in [1.82, 2.24) is 9.80 Å². The van der Waals surface area contributed by atoms with Gasteiger partial charge in [0.15, 0.2) is 0 Å². The molecule has 0 radical (unpaired) electrons. The SMILES string of the molecule is COCc1ccccc1C.Cc1cc(C)c(CN(C(C)C)C(C)C)c(C)c1.Cc1cc(C)c(CN(C)C)c(C)c1.Cc1ccccc1COC(C)(C)C. The molecule has 53 heavy (non-hydrogen) atoms. The minimum Gasteiger partial charge on any atom is -0.380 e. The first-order chi connectivity index (χ1) is 24.7. The Morgan fingerprint density at radius 2 is 0.887 bits per heavy atom. The van der Waals surface area contributed by atoms with Gasteiger partial charge in [0.05, 0.1) is 18.8 Å². The Bertz CT molecular complexity index is 1590. The fourth-order valence-electron chi connectivity index (χ4n) is 6.37. The van der Waals surface area contributed by atoms with Crippen LogP contribution in [0.2, 0.25) is 0 Å². The third kappa shape index (κ3) is 18.5. The second kappa shape index (κ2) is 23.5. The molecule has 4 aromatic carbocycles.